The minimum Gasteiger partial charge on any atom is -0.370 e. The van der Waals surface area contributed by atoms with E-state index in [4.69, 9.17) is 11.6 Å². The third kappa shape index (κ3) is 5.34. The molecule has 3 aromatic carbocycles. The second-order valence-electron chi connectivity index (χ2n) is 7.86. The Bertz CT molecular complexity index is 1180. The number of nitrogens with zero attached hydrogens (tertiary/aromatic N) is 1. The van der Waals surface area contributed by atoms with Crippen molar-refractivity contribution in [2.75, 3.05) is 22.1 Å². The molecule has 3 aromatic rings. The Morgan fingerprint density at radius 1 is 1.00 bits per heavy atom. The maximum Gasteiger partial charge on any atom is 0.418 e. The second-order valence-corrected chi connectivity index (χ2v) is 8.30. The molecule has 0 saturated carbocycles. The normalized spacial score (nSPS) is 14.7. The molecule has 0 aliphatic carbocycles. The van der Waals surface area contributed by atoms with Crippen molar-refractivity contribution in [3.8, 4) is 0 Å². The van der Waals surface area contributed by atoms with Crippen LogP contribution in [0.2, 0.25) is 5.02 Å². The van der Waals surface area contributed by atoms with Gasteiger partial charge in [0.15, 0.2) is 0 Å². The van der Waals surface area contributed by atoms with Crippen molar-refractivity contribution in [1.29, 1.82) is 0 Å². The third-order valence-electron chi connectivity index (χ3n) is 5.50. The van der Waals surface area contributed by atoms with Crippen molar-refractivity contribution < 1.29 is 22.8 Å². The van der Waals surface area contributed by atoms with E-state index in [9.17, 15) is 22.8 Å². The molecule has 2 amide bonds. The van der Waals surface area contributed by atoms with Crippen molar-refractivity contribution >= 4 is 40.5 Å². The molecule has 1 heterocycles. The fourth-order valence-corrected chi connectivity index (χ4v) is 4.01. The Kier molecular flexibility index (Phi) is 6.79. The third-order valence-corrected chi connectivity index (χ3v) is 5.74. The van der Waals surface area contributed by atoms with Gasteiger partial charge in [0.05, 0.1) is 11.3 Å². The van der Waals surface area contributed by atoms with Crippen LogP contribution in [0.5, 0.6) is 0 Å². The van der Waals surface area contributed by atoms with Crippen molar-refractivity contribution in [2.45, 2.75) is 25.1 Å². The minimum absolute atomic E-state index is 0.0608. The fourth-order valence-electron chi connectivity index (χ4n) is 3.84. The number of hydrogen-bond donors (Lipinski definition) is 2. The van der Waals surface area contributed by atoms with Crippen molar-refractivity contribution in [3.63, 3.8) is 0 Å². The summed E-state index contributed by atoms with van der Waals surface area (Å²) in [6.45, 7) is 0.656. The van der Waals surface area contributed by atoms with E-state index in [1.807, 2.05) is 0 Å². The predicted molar refractivity (Wildman–Crippen MR) is 126 cm³/mol. The van der Waals surface area contributed by atoms with Gasteiger partial charge in [0.1, 0.15) is 6.04 Å². The number of nitrogens with one attached hydrogen (secondary N) is 2. The molecule has 0 bridgehead atoms. The van der Waals surface area contributed by atoms with Gasteiger partial charge in [-0.25, -0.2) is 0 Å². The van der Waals surface area contributed by atoms with Gasteiger partial charge >= 0.3 is 6.18 Å². The molecule has 176 valence electrons. The van der Waals surface area contributed by atoms with Crippen LogP contribution in [-0.4, -0.2) is 18.4 Å². The minimum atomic E-state index is -4.69. The van der Waals surface area contributed by atoms with Gasteiger partial charge in [-0.2, -0.15) is 13.2 Å². The molecule has 4 rings (SSSR count). The van der Waals surface area contributed by atoms with Crippen LogP contribution in [0.15, 0.2) is 72.8 Å². The largest absolute Gasteiger partial charge is 0.418 e. The van der Waals surface area contributed by atoms with E-state index in [1.54, 1.807) is 59.5 Å². The van der Waals surface area contributed by atoms with Crippen LogP contribution in [0.25, 0.3) is 0 Å². The monoisotopic (exact) mass is 487 g/mol. The Labute approximate surface area is 199 Å². The number of halogens is 4. The molecule has 1 aliphatic rings. The number of rotatable bonds is 6. The summed E-state index contributed by atoms with van der Waals surface area (Å²) in [5.41, 5.74) is 0.491. The molecule has 0 radical (unpaired) electrons. The molecular formula is C25H21ClF3N3O2. The highest BCUT2D eigenvalue weighted by molar-refractivity contribution is 6.30. The van der Waals surface area contributed by atoms with E-state index in [0.29, 0.717) is 24.2 Å². The first-order valence-electron chi connectivity index (χ1n) is 10.6. The lowest BCUT2D eigenvalue weighted by atomic mass is 10.0. The van der Waals surface area contributed by atoms with Crippen LogP contribution >= 0.6 is 11.6 Å². The standard InChI is InChI=1S/C25H21ClF3N3O2/c26-17-8-13-21(20(15-17)25(27,28)29)31-24(34)23(16-5-2-1-3-6-16)30-18-9-11-19(12-10-18)32-14-4-7-22(32)33/h1-3,5-6,8-13,15,23,30H,4,7,14H2,(H,31,34)/t23-/m0/s1. The summed E-state index contributed by atoms with van der Waals surface area (Å²) in [6, 6.07) is 17.9. The molecule has 34 heavy (non-hydrogen) atoms. The number of carbonyl (C=O) groups excluding carboxylic acids is 2. The summed E-state index contributed by atoms with van der Waals surface area (Å²) in [5.74, 6) is -0.608. The van der Waals surface area contributed by atoms with Crippen molar-refractivity contribution in [3.05, 3.63) is 88.9 Å². The highest BCUT2D eigenvalue weighted by atomic mass is 35.5. The van der Waals surface area contributed by atoms with Crippen LogP contribution in [0.3, 0.4) is 0 Å². The Morgan fingerprint density at radius 3 is 2.32 bits per heavy atom. The smallest absolute Gasteiger partial charge is 0.370 e. The lowest BCUT2D eigenvalue weighted by molar-refractivity contribution is -0.137. The van der Waals surface area contributed by atoms with Crippen molar-refractivity contribution in [2.24, 2.45) is 0 Å². The Morgan fingerprint density at radius 2 is 1.71 bits per heavy atom. The number of hydrogen-bond acceptors (Lipinski definition) is 3. The van der Waals surface area contributed by atoms with E-state index in [-0.39, 0.29) is 16.6 Å². The van der Waals surface area contributed by atoms with E-state index in [0.717, 1.165) is 24.2 Å². The molecule has 0 aromatic heterocycles. The first kappa shape index (κ1) is 23.6. The Balaban J connectivity index is 1.59. The van der Waals surface area contributed by atoms with Gasteiger partial charge in [-0.05, 0) is 54.4 Å². The van der Waals surface area contributed by atoms with Gasteiger partial charge in [-0.1, -0.05) is 41.9 Å². The molecule has 0 spiro atoms. The van der Waals surface area contributed by atoms with Gasteiger partial charge in [-0.15, -0.1) is 0 Å². The van der Waals surface area contributed by atoms with Gasteiger partial charge < -0.3 is 15.5 Å². The summed E-state index contributed by atoms with van der Waals surface area (Å²) in [5, 5.41) is 5.40. The number of alkyl halides is 3. The zero-order valence-electron chi connectivity index (χ0n) is 17.9. The maximum absolute atomic E-state index is 13.5. The molecule has 1 saturated heterocycles. The average molecular weight is 488 g/mol. The van der Waals surface area contributed by atoms with E-state index >= 15 is 0 Å². The summed E-state index contributed by atoms with van der Waals surface area (Å²) in [4.78, 5) is 26.8. The molecule has 9 heteroatoms. The number of carbonyl (C=O) groups is 2. The highest BCUT2D eigenvalue weighted by Crippen LogP contribution is 2.37. The zero-order chi connectivity index (χ0) is 24.3. The highest BCUT2D eigenvalue weighted by Gasteiger charge is 2.35. The summed E-state index contributed by atoms with van der Waals surface area (Å²) < 4.78 is 40.5. The van der Waals surface area contributed by atoms with Gasteiger partial charge in [0, 0.05) is 29.4 Å². The lowest BCUT2D eigenvalue weighted by Crippen LogP contribution is -2.28. The molecule has 1 aliphatic heterocycles. The fraction of sp³-hybridized carbons (Fsp3) is 0.200. The van der Waals surface area contributed by atoms with E-state index < -0.39 is 23.7 Å². The quantitative estimate of drug-likeness (QED) is 0.430. The van der Waals surface area contributed by atoms with Crippen LogP contribution in [0.1, 0.15) is 30.0 Å². The molecular weight excluding hydrogens is 467 g/mol. The van der Waals surface area contributed by atoms with Gasteiger partial charge in [0.25, 0.3) is 5.91 Å². The topological polar surface area (TPSA) is 61.4 Å². The average Bonchev–Trinajstić information content (AvgIpc) is 3.24. The van der Waals surface area contributed by atoms with Gasteiger partial charge in [-0.3, -0.25) is 9.59 Å². The first-order chi connectivity index (χ1) is 16.2. The van der Waals surface area contributed by atoms with E-state index in [1.165, 1.54) is 6.07 Å². The van der Waals surface area contributed by atoms with Crippen LogP contribution in [0.4, 0.5) is 30.2 Å². The second kappa shape index (κ2) is 9.77. The first-order valence-corrected chi connectivity index (χ1v) is 11.0. The zero-order valence-corrected chi connectivity index (χ0v) is 18.7. The summed E-state index contributed by atoms with van der Waals surface area (Å²) in [6.07, 6.45) is -3.37. The number of benzene rings is 3. The SMILES string of the molecule is O=C(Nc1ccc(Cl)cc1C(F)(F)F)[C@@H](Nc1ccc(N2CCCC2=O)cc1)c1ccccc1. The Hall–Kier alpha value is -3.52. The predicted octanol–water partition coefficient (Wildman–Crippen LogP) is 6.28. The van der Waals surface area contributed by atoms with E-state index in [2.05, 4.69) is 10.6 Å². The molecule has 0 unspecified atom stereocenters. The van der Waals surface area contributed by atoms with Crippen LogP contribution in [-0.2, 0) is 15.8 Å². The van der Waals surface area contributed by atoms with Crippen LogP contribution < -0.4 is 15.5 Å². The molecule has 2 N–H and O–H groups in total. The number of amides is 2. The van der Waals surface area contributed by atoms with Gasteiger partial charge in [0.2, 0.25) is 5.91 Å². The lowest BCUT2D eigenvalue weighted by Gasteiger charge is -2.22. The summed E-state index contributed by atoms with van der Waals surface area (Å²) >= 11 is 5.74. The molecule has 1 atom stereocenters. The van der Waals surface area contributed by atoms with Crippen LogP contribution in [0, 0.1) is 0 Å². The molecule has 1 fully saturated rings. The summed E-state index contributed by atoms with van der Waals surface area (Å²) in [7, 11) is 0. The maximum atomic E-state index is 13.5. The number of anilines is 3. The molecule has 5 nitrogen and oxygen atoms in total. The van der Waals surface area contributed by atoms with Crippen molar-refractivity contribution in [1.82, 2.24) is 0 Å².